The lowest BCUT2D eigenvalue weighted by Crippen LogP contribution is -2.18. The van der Waals surface area contributed by atoms with Crippen LogP contribution >= 0.6 is 0 Å². The molecule has 1 aliphatic heterocycles. The molecule has 18 heavy (non-hydrogen) atoms. The van der Waals surface area contributed by atoms with E-state index in [0.717, 1.165) is 18.4 Å². The topological polar surface area (TPSA) is 81.8 Å². The van der Waals surface area contributed by atoms with Gasteiger partial charge in [-0.1, -0.05) is 0 Å². The van der Waals surface area contributed by atoms with Crippen LogP contribution in [0.1, 0.15) is 18.4 Å². The summed E-state index contributed by atoms with van der Waals surface area (Å²) in [7, 11) is 0. The van der Waals surface area contributed by atoms with Crippen LogP contribution in [-0.4, -0.2) is 29.9 Å². The van der Waals surface area contributed by atoms with Crippen molar-refractivity contribution in [1.82, 2.24) is 0 Å². The Kier molecular flexibility index (Phi) is 2.41. The van der Waals surface area contributed by atoms with Crippen molar-refractivity contribution in [2.24, 2.45) is 0 Å². The first-order valence-electron chi connectivity index (χ1n) is 5.86. The van der Waals surface area contributed by atoms with E-state index in [1.165, 1.54) is 6.07 Å². The van der Waals surface area contributed by atoms with Crippen molar-refractivity contribution in [3.63, 3.8) is 0 Å². The molecule has 0 aromatic heterocycles. The van der Waals surface area contributed by atoms with Crippen LogP contribution in [0, 0.1) is 10.1 Å². The van der Waals surface area contributed by atoms with Crippen molar-refractivity contribution in [1.29, 1.82) is 0 Å². The summed E-state index contributed by atoms with van der Waals surface area (Å²) in [6.45, 7) is 0.710. The van der Waals surface area contributed by atoms with Gasteiger partial charge in [0.2, 0.25) is 5.75 Å². The van der Waals surface area contributed by atoms with Gasteiger partial charge in [-0.15, -0.1) is 0 Å². The number of ether oxygens (including phenoxy) is 2. The Morgan fingerprint density at radius 3 is 2.67 bits per heavy atom. The van der Waals surface area contributed by atoms with E-state index in [9.17, 15) is 15.2 Å². The summed E-state index contributed by atoms with van der Waals surface area (Å²) in [6.07, 6.45) is 1.70. The Bertz CT molecular complexity index is 509. The minimum Gasteiger partial charge on any atom is -0.486 e. The second-order valence-corrected chi connectivity index (χ2v) is 4.72. The normalized spacial score (nSPS) is 19.4. The third kappa shape index (κ3) is 1.60. The molecule has 0 amide bonds. The number of fused-ring (bicyclic) bond motifs is 1. The highest BCUT2D eigenvalue weighted by atomic mass is 16.6. The maximum atomic E-state index is 11.1. The molecule has 1 aromatic rings. The van der Waals surface area contributed by atoms with Gasteiger partial charge < -0.3 is 14.6 Å². The third-order valence-electron chi connectivity index (χ3n) is 3.59. The fourth-order valence-electron chi connectivity index (χ4n) is 2.27. The van der Waals surface area contributed by atoms with E-state index in [4.69, 9.17) is 9.47 Å². The number of rotatable bonds is 3. The minimum absolute atomic E-state index is 0.00377. The molecule has 0 unspecified atom stereocenters. The van der Waals surface area contributed by atoms with Gasteiger partial charge in [-0.3, -0.25) is 10.1 Å². The number of hydrogen-bond donors (Lipinski definition) is 1. The van der Waals surface area contributed by atoms with Crippen LogP contribution in [0.25, 0.3) is 0 Å². The molecule has 96 valence electrons. The monoisotopic (exact) mass is 251 g/mol. The molecule has 1 aliphatic carbocycles. The van der Waals surface area contributed by atoms with E-state index in [-0.39, 0.29) is 23.5 Å². The highest BCUT2D eigenvalue weighted by molar-refractivity contribution is 5.60. The van der Waals surface area contributed by atoms with Gasteiger partial charge in [0, 0.05) is 11.5 Å². The van der Waals surface area contributed by atoms with Crippen molar-refractivity contribution in [2.45, 2.75) is 18.3 Å². The molecule has 6 nitrogen and oxygen atoms in total. The third-order valence-corrected chi connectivity index (χ3v) is 3.59. The average Bonchev–Trinajstić information content (AvgIpc) is 3.18. The zero-order valence-electron chi connectivity index (χ0n) is 9.72. The standard InChI is InChI=1S/C12H13NO5/c14-7-12(1-2-12)8-5-9(13(15)16)11-10(6-8)17-3-4-18-11/h5-6,14H,1-4,7H2. The van der Waals surface area contributed by atoms with Gasteiger partial charge in [-0.2, -0.15) is 0 Å². The summed E-state index contributed by atoms with van der Waals surface area (Å²) in [5, 5.41) is 20.5. The highest BCUT2D eigenvalue weighted by Crippen LogP contribution is 2.51. The predicted octanol–water partition coefficient (Wildman–Crippen LogP) is 1.39. The first-order chi connectivity index (χ1) is 8.66. The molecule has 1 fully saturated rings. The summed E-state index contributed by atoms with van der Waals surface area (Å²) in [6, 6.07) is 3.25. The SMILES string of the molecule is O=[N+]([O-])c1cc(C2(CO)CC2)cc2c1OCCO2. The van der Waals surface area contributed by atoms with E-state index in [0.29, 0.717) is 19.0 Å². The van der Waals surface area contributed by atoms with Gasteiger partial charge >= 0.3 is 5.69 Å². The van der Waals surface area contributed by atoms with Crippen LogP contribution < -0.4 is 9.47 Å². The van der Waals surface area contributed by atoms with Gasteiger partial charge in [0.1, 0.15) is 13.2 Å². The second-order valence-electron chi connectivity index (χ2n) is 4.72. The number of hydrogen-bond acceptors (Lipinski definition) is 5. The number of benzene rings is 1. The van der Waals surface area contributed by atoms with Gasteiger partial charge in [0.05, 0.1) is 11.5 Å². The maximum Gasteiger partial charge on any atom is 0.315 e. The Balaban J connectivity index is 2.12. The molecule has 6 heteroatoms. The van der Waals surface area contributed by atoms with Crippen LogP contribution in [0.5, 0.6) is 11.5 Å². The summed E-state index contributed by atoms with van der Waals surface area (Å²) in [5.74, 6) is 0.605. The molecule has 2 aliphatic rings. The van der Waals surface area contributed by atoms with E-state index < -0.39 is 4.92 Å². The number of nitro benzene ring substituents is 1. The predicted molar refractivity (Wildman–Crippen MR) is 62.1 cm³/mol. The lowest BCUT2D eigenvalue weighted by Gasteiger charge is -2.21. The number of nitro groups is 1. The van der Waals surface area contributed by atoms with Crippen LogP contribution in [0.2, 0.25) is 0 Å². The van der Waals surface area contributed by atoms with E-state index in [1.54, 1.807) is 6.07 Å². The van der Waals surface area contributed by atoms with Crippen molar-refractivity contribution in [3.8, 4) is 11.5 Å². The lowest BCUT2D eigenvalue weighted by molar-refractivity contribution is -0.386. The van der Waals surface area contributed by atoms with Crippen LogP contribution in [0.15, 0.2) is 12.1 Å². The number of nitrogens with zero attached hydrogens (tertiary/aromatic N) is 1. The molecule has 1 N–H and O–H groups in total. The van der Waals surface area contributed by atoms with E-state index in [2.05, 4.69) is 0 Å². The molecule has 0 radical (unpaired) electrons. The van der Waals surface area contributed by atoms with Crippen molar-refractivity contribution < 1.29 is 19.5 Å². The first-order valence-corrected chi connectivity index (χ1v) is 5.86. The zero-order valence-corrected chi connectivity index (χ0v) is 9.72. The smallest absolute Gasteiger partial charge is 0.315 e. The minimum atomic E-state index is -0.468. The van der Waals surface area contributed by atoms with Gasteiger partial charge in [-0.05, 0) is 24.5 Å². The van der Waals surface area contributed by atoms with Crippen molar-refractivity contribution in [2.75, 3.05) is 19.8 Å². The Morgan fingerprint density at radius 2 is 2.06 bits per heavy atom. The molecular formula is C12H13NO5. The number of aliphatic hydroxyl groups excluding tert-OH is 1. The first kappa shape index (κ1) is 11.3. The molecule has 1 heterocycles. The fourth-order valence-corrected chi connectivity index (χ4v) is 2.27. The van der Waals surface area contributed by atoms with E-state index >= 15 is 0 Å². The Morgan fingerprint density at radius 1 is 1.33 bits per heavy atom. The Hall–Kier alpha value is -1.82. The molecule has 3 rings (SSSR count). The zero-order chi connectivity index (χ0) is 12.8. The van der Waals surface area contributed by atoms with Crippen molar-refractivity contribution in [3.05, 3.63) is 27.8 Å². The molecule has 1 aromatic carbocycles. The second kappa shape index (κ2) is 3.84. The summed E-state index contributed by atoms with van der Waals surface area (Å²) >= 11 is 0. The maximum absolute atomic E-state index is 11.1. The number of aliphatic hydroxyl groups is 1. The molecule has 0 saturated heterocycles. The van der Waals surface area contributed by atoms with Crippen molar-refractivity contribution >= 4 is 5.69 Å². The van der Waals surface area contributed by atoms with Crippen LogP contribution in [0.4, 0.5) is 5.69 Å². The molecule has 1 saturated carbocycles. The average molecular weight is 251 g/mol. The highest BCUT2D eigenvalue weighted by Gasteiger charge is 2.45. The largest absolute Gasteiger partial charge is 0.486 e. The summed E-state index contributed by atoms with van der Waals surface area (Å²) in [4.78, 5) is 10.6. The van der Waals surface area contributed by atoms with Gasteiger partial charge in [-0.25, -0.2) is 0 Å². The fraction of sp³-hybridized carbons (Fsp3) is 0.500. The quantitative estimate of drug-likeness (QED) is 0.648. The van der Waals surface area contributed by atoms with Crippen LogP contribution in [-0.2, 0) is 5.41 Å². The van der Waals surface area contributed by atoms with Gasteiger partial charge in [0.15, 0.2) is 5.75 Å². The summed E-state index contributed by atoms with van der Waals surface area (Å²) < 4.78 is 10.7. The van der Waals surface area contributed by atoms with Crippen LogP contribution in [0.3, 0.4) is 0 Å². The lowest BCUT2D eigenvalue weighted by atomic mass is 9.95. The van der Waals surface area contributed by atoms with Gasteiger partial charge in [0.25, 0.3) is 0 Å². The molecule has 0 bridgehead atoms. The van der Waals surface area contributed by atoms with E-state index in [1.807, 2.05) is 0 Å². The molecule has 0 atom stereocenters. The molecular weight excluding hydrogens is 238 g/mol. The Labute approximate surface area is 103 Å². The molecule has 0 spiro atoms. The summed E-state index contributed by atoms with van der Waals surface area (Å²) in [5.41, 5.74) is 0.364.